The summed E-state index contributed by atoms with van der Waals surface area (Å²) >= 11 is 6.36. The highest BCUT2D eigenvalue weighted by molar-refractivity contribution is 6.21. The number of aromatic nitrogens is 2. The van der Waals surface area contributed by atoms with Gasteiger partial charge in [-0.3, -0.25) is 0 Å². The molecule has 0 fully saturated rings. The molecule has 3 nitrogen and oxygen atoms in total. The van der Waals surface area contributed by atoms with Crippen LogP contribution < -0.4 is 4.74 Å². The number of hydrogen-bond acceptors (Lipinski definition) is 2. The summed E-state index contributed by atoms with van der Waals surface area (Å²) < 4.78 is 19.6. The van der Waals surface area contributed by atoms with Gasteiger partial charge in [0.25, 0.3) is 0 Å². The molecule has 0 aliphatic heterocycles. The van der Waals surface area contributed by atoms with Crippen LogP contribution in [0, 0.1) is 12.3 Å². The Bertz CT molecular complexity index is 705. The molecule has 3 rings (SSSR count). The first-order chi connectivity index (χ1) is 10.2. The second-order valence-electron chi connectivity index (χ2n) is 4.95. The Kier molecular flexibility index (Phi) is 3.85. The van der Waals surface area contributed by atoms with E-state index >= 15 is 0 Å². The molecule has 21 heavy (non-hydrogen) atoms. The standard InChI is InChI=1S/C16H14ClFN2O/c1-2-9-21-12-6-3-5-11(10-12)16-15-13(17)7-4-8-14(15)19-20(16)18/h1,3,5-6,10,13H,4,7-9H2. The lowest BCUT2D eigenvalue weighted by Crippen LogP contribution is -2.04. The van der Waals surface area contributed by atoms with Crippen molar-refractivity contribution in [1.29, 1.82) is 0 Å². The number of halogens is 2. The van der Waals surface area contributed by atoms with Crippen LogP contribution in [-0.4, -0.2) is 16.6 Å². The average Bonchev–Trinajstić information content (AvgIpc) is 2.83. The minimum absolute atomic E-state index is 0.175. The van der Waals surface area contributed by atoms with E-state index < -0.39 is 0 Å². The summed E-state index contributed by atoms with van der Waals surface area (Å²) in [4.78, 5) is 0.422. The minimum atomic E-state index is -0.205. The topological polar surface area (TPSA) is 27.1 Å². The van der Waals surface area contributed by atoms with E-state index in [1.807, 2.05) is 6.07 Å². The normalized spacial score (nSPS) is 17.1. The van der Waals surface area contributed by atoms with E-state index in [9.17, 15) is 4.48 Å². The quantitative estimate of drug-likeness (QED) is 0.635. The predicted molar refractivity (Wildman–Crippen MR) is 80.0 cm³/mol. The maximum atomic E-state index is 14.2. The van der Waals surface area contributed by atoms with E-state index in [-0.39, 0.29) is 12.0 Å². The van der Waals surface area contributed by atoms with Crippen molar-refractivity contribution in [2.45, 2.75) is 24.6 Å². The fraction of sp³-hybridized carbons (Fsp3) is 0.312. The fourth-order valence-corrected chi connectivity index (χ4v) is 3.06. The number of fused-ring (bicyclic) bond motifs is 1. The van der Waals surface area contributed by atoms with E-state index in [0.717, 1.165) is 30.5 Å². The molecule has 0 N–H and O–H groups in total. The van der Waals surface area contributed by atoms with Gasteiger partial charge < -0.3 is 4.74 Å². The summed E-state index contributed by atoms with van der Waals surface area (Å²) in [5.41, 5.74) is 2.64. The monoisotopic (exact) mass is 304 g/mol. The van der Waals surface area contributed by atoms with E-state index in [4.69, 9.17) is 22.8 Å². The van der Waals surface area contributed by atoms with E-state index in [1.54, 1.807) is 18.2 Å². The first-order valence-electron chi connectivity index (χ1n) is 6.79. The number of rotatable bonds is 3. The second kappa shape index (κ2) is 5.79. The molecule has 1 heterocycles. The van der Waals surface area contributed by atoms with Crippen molar-refractivity contribution in [3.8, 4) is 29.4 Å². The summed E-state index contributed by atoms with van der Waals surface area (Å²) in [7, 11) is 0. The van der Waals surface area contributed by atoms with Gasteiger partial charge >= 0.3 is 0 Å². The first kappa shape index (κ1) is 14.0. The molecule has 1 unspecified atom stereocenters. The molecular weight excluding hydrogens is 291 g/mol. The van der Waals surface area contributed by atoms with Gasteiger partial charge in [-0.1, -0.05) is 27.4 Å². The highest BCUT2D eigenvalue weighted by Crippen LogP contribution is 2.41. The third-order valence-corrected chi connectivity index (χ3v) is 4.01. The van der Waals surface area contributed by atoms with Crippen LogP contribution in [0.2, 0.25) is 0 Å². The molecule has 2 aromatic rings. The van der Waals surface area contributed by atoms with Gasteiger partial charge in [-0.05, 0) is 31.4 Å². The second-order valence-corrected chi connectivity index (χ2v) is 5.48. The Morgan fingerprint density at radius 1 is 1.52 bits per heavy atom. The first-order valence-corrected chi connectivity index (χ1v) is 7.23. The Morgan fingerprint density at radius 2 is 2.38 bits per heavy atom. The Labute approximate surface area is 127 Å². The zero-order valence-corrected chi connectivity index (χ0v) is 12.1. The predicted octanol–water partition coefficient (Wildman–Crippen LogP) is 3.91. The molecular formula is C16H14ClFN2O. The van der Waals surface area contributed by atoms with Crippen LogP contribution in [0.25, 0.3) is 11.3 Å². The molecule has 0 saturated heterocycles. The number of benzene rings is 1. The Morgan fingerprint density at radius 3 is 3.19 bits per heavy atom. The van der Waals surface area contributed by atoms with Gasteiger partial charge in [-0.25, -0.2) is 0 Å². The van der Waals surface area contributed by atoms with Gasteiger partial charge in [-0.2, -0.15) is 0 Å². The van der Waals surface area contributed by atoms with Crippen LogP contribution in [0.1, 0.15) is 29.5 Å². The molecule has 0 radical (unpaired) electrons. The summed E-state index contributed by atoms with van der Waals surface area (Å²) in [5.74, 6) is 3.00. The third-order valence-electron chi connectivity index (χ3n) is 3.57. The van der Waals surface area contributed by atoms with Crippen LogP contribution in [0.5, 0.6) is 5.75 Å². The van der Waals surface area contributed by atoms with Crippen LogP contribution in [-0.2, 0) is 6.42 Å². The van der Waals surface area contributed by atoms with Gasteiger partial charge in [0, 0.05) is 11.1 Å². The maximum absolute atomic E-state index is 14.2. The van der Waals surface area contributed by atoms with Crippen molar-refractivity contribution >= 4 is 11.6 Å². The van der Waals surface area contributed by atoms with Crippen molar-refractivity contribution in [3.05, 3.63) is 35.5 Å². The lowest BCUT2D eigenvalue weighted by Gasteiger charge is -2.17. The number of nitrogens with zero attached hydrogens (tertiary/aromatic N) is 2. The third kappa shape index (κ3) is 2.62. The zero-order valence-electron chi connectivity index (χ0n) is 11.4. The number of alkyl halides is 1. The van der Waals surface area contributed by atoms with Crippen LogP contribution >= 0.6 is 11.6 Å². The van der Waals surface area contributed by atoms with Crippen molar-refractivity contribution in [3.63, 3.8) is 0 Å². The number of aryl methyl sites for hydroxylation is 1. The number of hydrogen-bond donors (Lipinski definition) is 0. The lowest BCUT2D eigenvalue weighted by molar-refractivity contribution is 0.319. The van der Waals surface area contributed by atoms with E-state index in [2.05, 4.69) is 11.0 Å². The maximum Gasteiger partial charge on any atom is 0.148 e. The van der Waals surface area contributed by atoms with Crippen molar-refractivity contribution in [1.82, 2.24) is 10.0 Å². The Balaban J connectivity index is 2.05. The highest BCUT2D eigenvalue weighted by Gasteiger charge is 2.28. The summed E-state index contributed by atoms with van der Waals surface area (Å²) in [6.07, 6.45) is 7.70. The van der Waals surface area contributed by atoms with E-state index in [1.165, 1.54) is 0 Å². The largest absolute Gasteiger partial charge is 0.481 e. The molecule has 0 saturated carbocycles. The van der Waals surface area contributed by atoms with Gasteiger partial charge in [0.05, 0.1) is 11.1 Å². The smallest absolute Gasteiger partial charge is 0.148 e. The molecule has 1 aliphatic rings. The van der Waals surface area contributed by atoms with Crippen LogP contribution in [0.15, 0.2) is 24.3 Å². The van der Waals surface area contributed by atoms with Gasteiger partial charge in [0.2, 0.25) is 0 Å². The molecule has 0 spiro atoms. The molecule has 1 aliphatic carbocycles. The van der Waals surface area contributed by atoms with E-state index in [0.29, 0.717) is 21.9 Å². The molecule has 0 bridgehead atoms. The average molecular weight is 305 g/mol. The molecule has 1 aromatic carbocycles. The number of ether oxygens (including phenoxy) is 1. The van der Waals surface area contributed by atoms with Crippen molar-refractivity contribution < 1.29 is 9.22 Å². The van der Waals surface area contributed by atoms with Gasteiger partial charge in [0.15, 0.2) is 0 Å². The molecule has 1 atom stereocenters. The van der Waals surface area contributed by atoms with Crippen molar-refractivity contribution in [2.75, 3.05) is 6.61 Å². The molecule has 5 heteroatoms. The SMILES string of the molecule is C#CCOc1cccc(-c2c3c(nn2F)CCCC3Cl)c1. The number of terminal acetylenes is 1. The molecule has 0 amide bonds. The summed E-state index contributed by atoms with van der Waals surface area (Å²) in [5, 5.41) is 3.76. The summed E-state index contributed by atoms with van der Waals surface area (Å²) in [6, 6.07) is 7.15. The molecule has 108 valence electrons. The Hall–Kier alpha value is -1.99. The van der Waals surface area contributed by atoms with Crippen molar-refractivity contribution in [2.24, 2.45) is 0 Å². The minimum Gasteiger partial charge on any atom is -0.481 e. The fourth-order valence-electron chi connectivity index (χ4n) is 2.67. The van der Waals surface area contributed by atoms with Crippen LogP contribution in [0.4, 0.5) is 4.48 Å². The molecule has 1 aromatic heterocycles. The summed E-state index contributed by atoms with van der Waals surface area (Å²) in [6.45, 7) is 0.175. The lowest BCUT2D eigenvalue weighted by atomic mass is 9.93. The highest BCUT2D eigenvalue weighted by atomic mass is 35.5. The zero-order chi connectivity index (χ0) is 14.8. The van der Waals surface area contributed by atoms with Crippen LogP contribution in [0.3, 0.4) is 0 Å². The van der Waals surface area contributed by atoms with Gasteiger partial charge in [0.1, 0.15) is 18.1 Å². The van der Waals surface area contributed by atoms with Gasteiger partial charge in [-0.15, -0.1) is 23.1 Å².